The van der Waals surface area contributed by atoms with E-state index in [-0.39, 0.29) is 20.4 Å². The molecule has 1 aromatic carbocycles. The van der Waals surface area contributed by atoms with Crippen LogP contribution in [0.25, 0.3) is 10.9 Å². The summed E-state index contributed by atoms with van der Waals surface area (Å²) in [5, 5.41) is 30.7. The number of aliphatic hydroxyl groups is 1. The average molecular weight is 559 g/mol. The van der Waals surface area contributed by atoms with Crippen LogP contribution < -0.4 is 4.74 Å². The van der Waals surface area contributed by atoms with E-state index in [9.17, 15) is 15.0 Å². The summed E-state index contributed by atoms with van der Waals surface area (Å²) in [4.78, 5) is 18.7. The maximum absolute atomic E-state index is 12.1. The molecule has 0 aliphatic carbocycles. The Labute approximate surface area is 215 Å². The van der Waals surface area contributed by atoms with E-state index in [1.165, 1.54) is 3.77 Å². The molecule has 35 heavy (non-hydrogen) atoms. The number of pyridine rings is 1. The second-order valence-corrected chi connectivity index (χ2v) is 12.7. The van der Waals surface area contributed by atoms with Crippen LogP contribution >= 0.6 is 11.8 Å². The van der Waals surface area contributed by atoms with Gasteiger partial charge in [-0.3, -0.25) is 4.98 Å². The van der Waals surface area contributed by atoms with E-state index in [4.69, 9.17) is 10.00 Å². The van der Waals surface area contributed by atoms with Crippen molar-refractivity contribution in [3.05, 3.63) is 52.6 Å². The molecule has 4 rings (SSSR count). The normalized spacial score (nSPS) is 19.3. The van der Waals surface area contributed by atoms with Crippen molar-refractivity contribution < 1.29 is 19.7 Å². The molecule has 3 heterocycles. The Morgan fingerprint density at radius 2 is 2.23 bits per heavy atom. The zero-order chi connectivity index (χ0) is 24.8. The number of ether oxygens (including phenoxy) is 1. The van der Waals surface area contributed by atoms with Gasteiger partial charge in [0.2, 0.25) is 0 Å². The molecule has 184 valence electrons. The largest absolute Gasteiger partial charge is 0.0102 e. The summed E-state index contributed by atoms with van der Waals surface area (Å²) in [6.07, 6.45) is 2.98. The Hall–Kier alpha value is -2.34. The Bertz CT molecular complexity index is 1210. The molecule has 0 amide bonds. The fourth-order valence-electron chi connectivity index (χ4n) is 4.72. The average Bonchev–Trinajstić information content (AvgIpc) is 3.34. The van der Waals surface area contributed by atoms with E-state index in [0.717, 1.165) is 46.2 Å². The Kier molecular flexibility index (Phi) is 8.88. The first kappa shape index (κ1) is 25.7. The Morgan fingerprint density at radius 1 is 1.37 bits per heavy atom. The number of piperidine rings is 1. The summed E-state index contributed by atoms with van der Waals surface area (Å²) in [7, 11) is 1.61. The maximum atomic E-state index is 12.1. The van der Waals surface area contributed by atoms with Gasteiger partial charge in [0.1, 0.15) is 5.75 Å². The van der Waals surface area contributed by atoms with Crippen LogP contribution in [0.5, 0.6) is 5.75 Å². The molecule has 0 unspecified atom stereocenters. The van der Waals surface area contributed by atoms with Crippen LogP contribution in [-0.2, 0) is 4.79 Å². The number of rotatable bonds is 10. The Balaban J connectivity index is 1.33. The van der Waals surface area contributed by atoms with Gasteiger partial charge in [0.25, 0.3) is 0 Å². The van der Waals surface area contributed by atoms with Gasteiger partial charge in [-0.05, 0) is 24.3 Å². The van der Waals surface area contributed by atoms with Gasteiger partial charge in [-0.1, -0.05) is 0 Å². The number of nitrogens with zero attached hydrogens (tertiary/aromatic N) is 3. The molecule has 3 atom stereocenters. The number of benzene rings is 1. The van der Waals surface area contributed by atoms with Gasteiger partial charge in [0, 0.05) is 11.6 Å². The molecule has 7 nitrogen and oxygen atoms in total. The van der Waals surface area contributed by atoms with E-state index >= 15 is 0 Å². The van der Waals surface area contributed by atoms with Crippen molar-refractivity contribution in [2.24, 2.45) is 11.8 Å². The van der Waals surface area contributed by atoms with Crippen LogP contribution in [0.1, 0.15) is 35.4 Å². The SMILES string of the molecule is COc1ccc2nccc([C@H](O)CC[C@@H]3CCN(CCSc4ccc(C#N)[se]4)C[C@@H]3C(=O)O)c2c1. The molecule has 1 fully saturated rings. The monoisotopic (exact) mass is 559 g/mol. The number of nitriles is 1. The smallest absolute Gasteiger partial charge is 0.00964 e. The fraction of sp³-hybridized carbons (Fsp3) is 0.423. The van der Waals surface area contributed by atoms with Crippen LogP contribution in [-0.4, -0.2) is 73.1 Å². The second-order valence-electron chi connectivity index (χ2n) is 8.75. The molecule has 3 aromatic rings. The molecule has 1 saturated heterocycles. The zero-order valence-electron chi connectivity index (χ0n) is 19.6. The number of hydrogen-bond acceptors (Lipinski definition) is 7. The third-order valence-corrected chi connectivity index (χ3v) is 10.3. The molecule has 0 saturated carbocycles. The summed E-state index contributed by atoms with van der Waals surface area (Å²) in [5.74, 6) is 0.455. The first-order valence-electron chi connectivity index (χ1n) is 11.7. The number of carbonyl (C=O) groups is 1. The van der Waals surface area contributed by atoms with E-state index < -0.39 is 18.0 Å². The van der Waals surface area contributed by atoms with Gasteiger partial charge >= 0.3 is 152 Å². The first-order valence-corrected chi connectivity index (χ1v) is 14.4. The van der Waals surface area contributed by atoms with Gasteiger partial charge < -0.3 is 4.74 Å². The second kappa shape index (κ2) is 12.1. The summed E-state index contributed by atoms with van der Waals surface area (Å²) >= 11 is 1.90. The molecule has 9 heteroatoms. The first-order chi connectivity index (χ1) is 17.0. The van der Waals surface area contributed by atoms with Gasteiger partial charge in [0.05, 0.1) is 12.6 Å². The summed E-state index contributed by atoms with van der Waals surface area (Å²) in [5.41, 5.74) is 1.60. The number of aliphatic carboxylic acids is 1. The number of likely N-dealkylation sites (tertiary alicyclic amines) is 1. The number of aromatic nitrogens is 1. The summed E-state index contributed by atoms with van der Waals surface area (Å²) in [6.45, 7) is 2.24. The third-order valence-electron chi connectivity index (χ3n) is 6.65. The molecule has 1 aliphatic rings. The molecule has 2 aromatic heterocycles. The van der Waals surface area contributed by atoms with Crippen LogP contribution in [0.4, 0.5) is 0 Å². The number of thioether (sulfide) groups is 1. The number of carboxylic acids is 1. The van der Waals surface area contributed by atoms with Crippen LogP contribution in [0.2, 0.25) is 0 Å². The Morgan fingerprint density at radius 3 is 2.97 bits per heavy atom. The minimum atomic E-state index is -0.759. The maximum Gasteiger partial charge on any atom is 0.00964 e. The molecule has 2 N–H and O–H groups in total. The van der Waals surface area contributed by atoms with Crippen LogP contribution in [0.15, 0.2) is 46.4 Å². The third kappa shape index (κ3) is 6.46. The van der Waals surface area contributed by atoms with Crippen molar-refractivity contribution in [1.82, 2.24) is 9.88 Å². The van der Waals surface area contributed by atoms with Crippen molar-refractivity contribution in [1.29, 1.82) is 5.26 Å². The molecule has 0 radical (unpaired) electrons. The summed E-state index contributed by atoms with van der Waals surface area (Å²) < 4.78 is 7.44. The topological polar surface area (TPSA) is 107 Å². The predicted molar refractivity (Wildman–Crippen MR) is 137 cm³/mol. The van der Waals surface area contributed by atoms with Crippen LogP contribution in [0, 0.1) is 23.2 Å². The van der Waals surface area contributed by atoms with Gasteiger partial charge in [-0.25, -0.2) is 0 Å². The van der Waals surface area contributed by atoms with Gasteiger partial charge in [-0.2, -0.15) is 0 Å². The molecular weight excluding hydrogens is 529 g/mol. The standard InChI is InChI=1S/C26H29N3O4SSe/c1-33-18-3-5-23-21(14-18)20(8-10-28-23)24(30)6-2-17-9-11-29(16-22(17)26(31)32)12-13-34-25-7-4-19(15-27)35-25/h3-5,7-8,10,14,17,22,24,30H,2,6,9,11-13,16H2,1H3,(H,31,32)/t17-,22+,24-/m1/s1. The van der Waals surface area contributed by atoms with Crippen molar-refractivity contribution >= 4 is 43.1 Å². The van der Waals surface area contributed by atoms with E-state index in [1.807, 2.05) is 36.4 Å². The molecule has 0 spiro atoms. The number of carboxylic acid groups (broad SMARTS) is 1. The van der Waals surface area contributed by atoms with Crippen molar-refractivity contribution in [2.45, 2.75) is 29.1 Å². The number of hydrogen-bond donors (Lipinski definition) is 2. The van der Waals surface area contributed by atoms with Crippen molar-refractivity contribution in [3.8, 4) is 11.8 Å². The quantitative estimate of drug-likeness (QED) is 0.286. The number of methoxy groups -OCH3 is 1. The fourth-order valence-corrected chi connectivity index (χ4v) is 7.98. The molecule has 1 aliphatic heterocycles. The minimum Gasteiger partial charge on any atom is -0.0102 e. The zero-order valence-corrected chi connectivity index (χ0v) is 22.1. The predicted octanol–water partition coefficient (Wildman–Crippen LogP) is 3.80. The molecule has 0 bridgehead atoms. The van der Waals surface area contributed by atoms with E-state index in [0.29, 0.717) is 25.1 Å². The van der Waals surface area contributed by atoms with Crippen LogP contribution in [0.3, 0.4) is 0 Å². The van der Waals surface area contributed by atoms with Crippen molar-refractivity contribution in [2.75, 3.05) is 32.5 Å². The summed E-state index contributed by atoms with van der Waals surface area (Å²) in [6, 6.07) is 13.6. The van der Waals surface area contributed by atoms with Gasteiger partial charge in [-0.15, -0.1) is 0 Å². The number of fused-ring (bicyclic) bond motifs is 1. The van der Waals surface area contributed by atoms with E-state index in [2.05, 4.69) is 16.0 Å². The number of aliphatic hydroxyl groups excluding tert-OH is 1. The minimum absolute atomic E-state index is 0.0388. The molecular formula is C26H29N3O4SSe. The van der Waals surface area contributed by atoms with Gasteiger partial charge in [0.15, 0.2) is 0 Å². The van der Waals surface area contributed by atoms with E-state index in [1.54, 1.807) is 25.1 Å². The van der Waals surface area contributed by atoms with Crippen molar-refractivity contribution in [3.63, 3.8) is 0 Å².